The first-order valence-electron chi connectivity index (χ1n) is 7.03. The predicted octanol–water partition coefficient (Wildman–Crippen LogP) is 4.35. The number of hydrogen-bond acceptors (Lipinski definition) is 3. The topological polar surface area (TPSA) is 38.1 Å². The maximum absolute atomic E-state index is 6.19. The quantitative estimate of drug-likeness (QED) is 0.778. The first kappa shape index (κ1) is 14.1. The molecule has 0 fully saturated rings. The van der Waals surface area contributed by atoms with E-state index in [1.54, 1.807) is 0 Å². The molecule has 0 amide bonds. The lowest BCUT2D eigenvalue weighted by molar-refractivity contribution is 0.484. The third-order valence-corrected chi connectivity index (χ3v) is 3.97. The van der Waals surface area contributed by atoms with Crippen molar-refractivity contribution in [2.45, 2.75) is 19.4 Å². The number of fused-ring (bicyclic) bond motifs is 1. The van der Waals surface area contributed by atoms with Crippen molar-refractivity contribution in [3.8, 4) is 0 Å². The molecule has 4 heteroatoms. The van der Waals surface area contributed by atoms with E-state index in [0.29, 0.717) is 5.02 Å². The minimum Gasteiger partial charge on any atom is -0.457 e. The third-order valence-electron chi connectivity index (χ3n) is 3.67. The van der Waals surface area contributed by atoms with E-state index in [4.69, 9.17) is 16.0 Å². The Labute approximate surface area is 128 Å². The van der Waals surface area contributed by atoms with Crippen LogP contribution in [0.5, 0.6) is 0 Å². The monoisotopic (exact) mass is 300 g/mol. The largest absolute Gasteiger partial charge is 0.457 e. The maximum Gasteiger partial charge on any atom is 0.152 e. The Balaban J connectivity index is 2.12. The van der Waals surface area contributed by atoms with Crippen LogP contribution in [0.15, 0.2) is 47.0 Å². The van der Waals surface area contributed by atoms with Gasteiger partial charge in [0.2, 0.25) is 0 Å². The highest BCUT2D eigenvalue weighted by atomic mass is 35.5. The molecule has 0 spiro atoms. The summed E-state index contributed by atoms with van der Waals surface area (Å²) in [5.41, 5.74) is 2.93. The van der Waals surface area contributed by atoms with Crippen LogP contribution >= 0.6 is 11.6 Å². The summed E-state index contributed by atoms with van der Waals surface area (Å²) in [6.45, 7) is 2.13. The summed E-state index contributed by atoms with van der Waals surface area (Å²) in [5, 5.41) is 4.93. The highest BCUT2D eigenvalue weighted by molar-refractivity contribution is 6.34. The summed E-state index contributed by atoms with van der Waals surface area (Å²) in [7, 11) is 1.91. The number of rotatable bonds is 4. The van der Waals surface area contributed by atoms with Gasteiger partial charge in [-0.3, -0.25) is 4.98 Å². The first-order chi connectivity index (χ1) is 10.2. The third kappa shape index (κ3) is 2.55. The highest BCUT2D eigenvalue weighted by Gasteiger charge is 2.21. The van der Waals surface area contributed by atoms with Crippen LogP contribution in [-0.2, 0) is 6.42 Å². The van der Waals surface area contributed by atoms with Gasteiger partial charge in [-0.2, -0.15) is 0 Å². The fourth-order valence-electron chi connectivity index (χ4n) is 2.61. The molecule has 2 aromatic heterocycles. The molecule has 2 heterocycles. The van der Waals surface area contributed by atoms with E-state index in [-0.39, 0.29) is 6.04 Å². The van der Waals surface area contributed by atoms with Gasteiger partial charge < -0.3 is 9.73 Å². The van der Waals surface area contributed by atoms with E-state index in [0.717, 1.165) is 28.8 Å². The number of aromatic nitrogens is 1. The number of furan rings is 1. The van der Waals surface area contributed by atoms with Gasteiger partial charge in [0.15, 0.2) is 5.58 Å². The smallest absolute Gasteiger partial charge is 0.152 e. The average molecular weight is 301 g/mol. The number of para-hydroxylation sites is 1. The second-order valence-corrected chi connectivity index (χ2v) is 5.34. The average Bonchev–Trinajstić information content (AvgIpc) is 2.94. The molecule has 0 aliphatic heterocycles. The van der Waals surface area contributed by atoms with Crippen LogP contribution in [0.25, 0.3) is 11.0 Å². The Morgan fingerprint density at radius 2 is 2.14 bits per heavy atom. The van der Waals surface area contributed by atoms with Gasteiger partial charge in [-0.05, 0) is 37.2 Å². The van der Waals surface area contributed by atoms with Crippen molar-refractivity contribution >= 4 is 22.6 Å². The van der Waals surface area contributed by atoms with Gasteiger partial charge in [0.25, 0.3) is 0 Å². The Hall–Kier alpha value is -1.84. The fourth-order valence-corrected chi connectivity index (χ4v) is 2.83. The molecule has 21 heavy (non-hydrogen) atoms. The van der Waals surface area contributed by atoms with Gasteiger partial charge in [-0.1, -0.05) is 36.7 Å². The normalized spacial score (nSPS) is 12.7. The summed E-state index contributed by atoms with van der Waals surface area (Å²) in [4.78, 5) is 4.53. The fraction of sp³-hybridized carbons (Fsp3) is 0.235. The molecular weight excluding hydrogens is 284 g/mol. The Morgan fingerprint density at radius 1 is 1.29 bits per heavy atom. The number of nitrogens with zero attached hydrogens (tertiary/aromatic N) is 1. The Bertz CT molecular complexity index is 766. The van der Waals surface area contributed by atoms with Crippen LogP contribution in [-0.4, -0.2) is 12.0 Å². The molecule has 3 nitrogen and oxygen atoms in total. The molecule has 3 aromatic rings. The van der Waals surface area contributed by atoms with Gasteiger partial charge in [0, 0.05) is 11.6 Å². The van der Waals surface area contributed by atoms with Gasteiger partial charge in [-0.15, -0.1) is 0 Å². The molecule has 0 saturated carbocycles. The maximum atomic E-state index is 6.19. The van der Waals surface area contributed by atoms with Gasteiger partial charge in [-0.25, -0.2) is 0 Å². The van der Waals surface area contributed by atoms with Crippen LogP contribution in [0.3, 0.4) is 0 Å². The molecule has 3 rings (SSSR count). The zero-order chi connectivity index (χ0) is 14.8. The van der Waals surface area contributed by atoms with E-state index in [9.17, 15) is 0 Å². The molecule has 0 aliphatic carbocycles. The molecule has 0 aliphatic rings. The van der Waals surface area contributed by atoms with Crippen molar-refractivity contribution in [2.75, 3.05) is 7.05 Å². The molecule has 1 N–H and O–H groups in total. The zero-order valence-corrected chi connectivity index (χ0v) is 12.8. The summed E-state index contributed by atoms with van der Waals surface area (Å²) >= 11 is 6.19. The molecule has 0 saturated heterocycles. The van der Waals surface area contributed by atoms with E-state index >= 15 is 0 Å². The number of hydrogen-bond donors (Lipinski definition) is 1. The standard InChI is InChI=1S/C17H17ClN2O/c1-3-11-7-5-9-20-15(11)16(19-2)14-10-12-6-4-8-13(18)17(12)21-14/h4-10,16,19H,3H2,1-2H3. The van der Waals surface area contributed by atoms with Crippen LogP contribution < -0.4 is 5.32 Å². The van der Waals surface area contributed by atoms with Crippen molar-refractivity contribution in [3.63, 3.8) is 0 Å². The van der Waals surface area contributed by atoms with Crippen molar-refractivity contribution < 1.29 is 4.42 Å². The number of pyridine rings is 1. The van der Waals surface area contributed by atoms with Crippen LogP contribution in [0.2, 0.25) is 5.02 Å². The van der Waals surface area contributed by atoms with Crippen molar-refractivity contribution in [2.24, 2.45) is 0 Å². The van der Waals surface area contributed by atoms with Crippen molar-refractivity contribution in [1.82, 2.24) is 10.3 Å². The molecular formula is C17H17ClN2O. The lowest BCUT2D eigenvalue weighted by atomic mass is 10.0. The lowest BCUT2D eigenvalue weighted by Crippen LogP contribution is -2.19. The van der Waals surface area contributed by atoms with Crippen molar-refractivity contribution in [3.05, 3.63) is 64.6 Å². The van der Waals surface area contributed by atoms with Crippen LogP contribution in [0.4, 0.5) is 0 Å². The minimum absolute atomic E-state index is 0.0791. The lowest BCUT2D eigenvalue weighted by Gasteiger charge is -2.16. The Kier molecular flexibility index (Phi) is 3.95. The van der Waals surface area contributed by atoms with Crippen molar-refractivity contribution in [1.29, 1.82) is 0 Å². The van der Waals surface area contributed by atoms with Crippen LogP contribution in [0.1, 0.15) is 30.0 Å². The van der Waals surface area contributed by atoms with E-state index in [1.165, 1.54) is 5.56 Å². The number of aryl methyl sites for hydroxylation is 1. The molecule has 108 valence electrons. The molecule has 0 radical (unpaired) electrons. The number of benzene rings is 1. The SMILES string of the molecule is CCc1cccnc1C(NC)c1cc2cccc(Cl)c2o1. The zero-order valence-electron chi connectivity index (χ0n) is 12.1. The first-order valence-corrected chi connectivity index (χ1v) is 7.41. The number of halogens is 1. The van der Waals surface area contributed by atoms with Gasteiger partial charge >= 0.3 is 0 Å². The molecule has 1 aromatic carbocycles. The predicted molar refractivity (Wildman–Crippen MR) is 85.7 cm³/mol. The summed E-state index contributed by atoms with van der Waals surface area (Å²) in [6.07, 6.45) is 2.75. The second-order valence-electron chi connectivity index (χ2n) is 4.93. The number of nitrogens with one attached hydrogen (secondary N) is 1. The Morgan fingerprint density at radius 3 is 2.86 bits per heavy atom. The van der Waals surface area contributed by atoms with Gasteiger partial charge in [0.1, 0.15) is 11.8 Å². The molecule has 0 bridgehead atoms. The minimum atomic E-state index is -0.0791. The van der Waals surface area contributed by atoms with E-state index in [2.05, 4.69) is 23.3 Å². The summed E-state index contributed by atoms with van der Waals surface area (Å²) in [6, 6.07) is 11.8. The van der Waals surface area contributed by atoms with E-state index < -0.39 is 0 Å². The molecule has 1 atom stereocenters. The van der Waals surface area contributed by atoms with Gasteiger partial charge in [0.05, 0.1) is 10.7 Å². The second kappa shape index (κ2) is 5.88. The summed E-state index contributed by atoms with van der Waals surface area (Å²) in [5.74, 6) is 0.828. The van der Waals surface area contributed by atoms with Crippen LogP contribution in [0, 0.1) is 0 Å². The van der Waals surface area contributed by atoms with E-state index in [1.807, 2.05) is 43.6 Å². The summed E-state index contributed by atoms with van der Waals surface area (Å²) < 4.78 is 5.97. The highest BCUT2D eigenvalue weighted by Crippen LogP contribution is 2.32. The molecule has 1 unspecified atom stereocenters.